The van der Waals surface area contributed by atoms with Crippen LogP contribution in [0.3, 0.4) is 0 Å². The zero-order valence-electron chi connectivity index (χ0n) is 29.5. The van der Waals surface area contributed by atoms with E-state index < -0.39 is 0 Å². The smallest absolute Gasteiger partial charge is 0.137 e. The molecule has 0 amide bonds. The first-order chi connectivity index (χ1) is 26.8. The molecule has 0 saturated carbocycles. The molecule has 256 valence electrons. The molecule has 0 aliphatic carbocycles. The van der Waals surface area contributed by atoms with E-state index in [2.05, 4.69) is 227 Å². The molecule has 0 fully saturated rings. The zero-order valence-corrected chi connectivity index (χ0v) is 30.3. The Balaban J connectivity index is 1.10. The van der Waals surface area contributed by atoms with Crippen LogP contribution in [0.4, 0.5) is 34.3 Å². The quantitative estimate of drug-likeness (QED) is 0.163. The zero-order chi connectivity index (χ0) is 35.8. The number of aromatic nitrogens is 1. The van der Waals surface area contributed by atoms with Crippen LogP contribution in [0.5, 0.6) is 0 Å². The summed E-state index contributed by atoms with van der Waals surface area (Å²) in [6.07, 6.45) is 0. The van der Waals surface area contributed by atoms with Crippen LogP contribution in [0.25, 0.3) is 38.8 Å². The predicted octanol–water partition coefficient (Wildman–Crippen LogP) is 14.4. The van der Waals surface area contributed by atoms with Crippen molar-refractivity contribution in [1.29, 1.82) is 0 Å². The van der Waals surface area contributed by atoms with Crippen LogP contribution >= 0.6 is 11.8 Å². The number of para-hydroxylation sites is 3. The highest BCUT2D eigenvalue weighted by atomic mass is 32.2. The standard InChI is InChI=1S/C50H35N3S/c1-4-14-36(15-5-1)38-24-28-41(29-25-38)51(42-30-26-39(27-31-42)37-16-6-2-7-17-37)43-32-34-44(35-33-43)52-46-21-11-10-20-45(46)49-50(52)53(40-18-8-3-9-19-40)47-22-12-13-23-48(47)54-49/h1-35H. The summed E-state index contributed by atoms with van der Waals surface area (Å²) in [6.45, 7) is 0. The van der Waals surface area contributed by atoms with E-state index in [-0.39, 0.29) is 0 Å². The molecule has 1 aliphatic rings. The fourth-order valence-electron chi connectivity index (χ4n) is 7.62. The maximum absolute atomic E-state index is 2.43. The van der Waals surface area contributed by atoms with E-state index in [1.165, 1.54) is 48.6 Å². The SMILES string of the molecule is c1ccc(-c2ccc(N(c3ccc(-c4ccccc4)cc3)c3ccc(-n4c5c(c6ccccc64)Sc4ccccc4N5c4ccccc4)cc3)cc2)cc1. The van der Waals surface area contributed by atoms with Gasteiger partial charge in [0.1, 0.15) is 5.82 Å². The van der Waals surface area contributed by atoms with Crippen molar-refractivity contribution in [2.24, 2.45) is 0 Å². The topological polar surface area (TPSA) is 11.4 Å². The van der Waals surface area contributed by atoms with Gasteiger partial charge in [0.15, 0.2) is 0 Å². The minimum atomic E-state index is 1.09. The molecule has 0 N–H and O–H groups in total. The van der Waals surface area contributed by atoms with Gasteiger partial charge in [-0.1, -0.05) is 145 Å². The van der Waals surface area contributed by atoms with Crippen LogP contribution in [-0.4, -0.2) is 4.57 Å². The fraction of sp³-hybridized carbons (Fsp3) is 0. The van der Waals surface area contributed by atoms with Gasteiger partial charge in [0.2, 0.25) is 0 Å². The van der Waals surface area contributed by atoms with Crippen molar-refractivity contribution < 1.29 is 0 Å². The highest BCUT2D eigenvalue weighted by Crippen LogP contribution is 2.55. The molecule has 4 heteroatoms. The van der Waals surface area contributed by atoms with Crippen LogP contribution in [0, 0.1) is 0 Å². The van der Waals surface area contributed by atoms with E-state index in [1.807, 2.05) is 11.8 Å². The molecule has 1 aromatic heterocycles. The van der Waals surface area contributed by atoms with Gasteiger partial charge in [-0.05, 0) is 101 Å². The lowest BCUT2D eigenvalue weighted by Gasteiger charge is -2.33. The Morgan fingerprint density at radius 1 is 0.370 bits per heavy atom. The summed E-state index contributed by atoms with van der Waals surface area (Å²) in [5.41, 5.74) is 12.7. The van der Waals surface area contributed by atoms with Crippen LogP contribution in [0.2, 0.25) is 0 Å². The first-order valence-corrected chi connectivity index (χ1v) is 19.1. The van der Waals surface area contributed by atoms with E-state index in [1.54, 1.807) is 0 Å². The Hall–Kier alpha value is -6.75. The van der Waals surface area contributed by atoms with Gasteiger partial charge in [0.25, 0.3) is 0 Å². The fourth-order valence-corrected chi connectivity index (χ4v) is 8.80. The summed E-state index contributed by atoms with van der Waals surface area (Å²) in [5.74, 6) is 1.16. The minimum absolute atomic E-state index is 1.09. The molecule has 0 saturated heterocycles. The lowest BCUT2D eigenvalue weighted by molar-refractivity contribution is 1.03. The molecular formula is C50H35N3S. The Kier molecular flexibility index (Phi) is 8.08. The van der Waals surface area contributed by atoms with Gasteiger partial charge in [-0.3, -0.25) is 9.47 Å². The largest absolute Gasteiger partial charge is 0.311 e. The summed E-state index contributed by atoms with van der Waals surface area (Å²) >= 11 is 1.86. The predicted molar refractivity (Wildman–Crippen MR) is 228 cm³/mol. The molecule has 0 bridgehead atoms. The average molecular weight is 710 g/mol. The number of anilines is 6. The second kappa shape index (κ2) is 13.7. The lowest BCUT2D eigenvalue weighted by Crippen LogP contribution is -2.17. The highest BCUT2D eigenvalue weighted by Gasteiger charge is 2.31. The molecule has 2 heterocycles. The molecule has 0 unspecified atom stereocenters. The third-order valence-corrected chi connectivity index (χ3v) is 11.4. The third kappa shape index (κ3) is 5.65. The van der Waals surface area contributed by atoms with Crippen molar-refractivity contribution in [3.05, 3.63) is 212 Å². The van der Waals surface area contributed by atoms with Crippen molar-refractivity contribution >= 4 is 56.9 Å². The molecule has 0 spiro atoms. The van der Waals surface area contributed by atoms with Crippen molar-refractivity contribution in [1.82, 2.24) is 4.57 Å². The molecule has 8 aromatic carbocycles. The van der Waals surface area contributed by atoms with Crippen molar-refractivity contribution in [3.63, 3.8) is 0 Å². The molecular weight excluding hydrogens is 675 g/mol. The normalized spacial score (nSPS) is 12.0. The first-order valence-electron chi connectivity index (χ1n) is 18.3. The summed E-state index contributed by atoms with van der Waals surface area (Å²) < 4.78 is 2.43. The molecule has 10 rings (SSSR count). The van der Waals surface area contributed by atoms with E-state index in [0.717, 1.165) is 34.3 Å². The Labute approximate surface area is 320 Å². The number of nitrogens with zero attached hydrogens (tertiary/aromatic N) is 3. The van der Waals surface area contributed by atoms with Gasteiger partial charge >= 0.3 is 0 Å². The second-order valence-corrected chi connectivity index (χ2v) is 14.5. The number of hydrogen-bond acceptors (Lipinski definition) is 3. The Bertz CT molecular complexity index is 2620. The molecule has 54 heavy (non-hydrogen) atoms. The van der Waals surface area contributed by atoms with Crippen molar-refractivity contribution in [2.45, 2.75) is 9.79 Å². The molecule has 0 atom stereocenters. The first kappa shape index (κ1) is 31.9. The average Bonchev–Trinajstić information content (AvgIpc) is 3.58. The van der Waals surface area contributed by atoms with Gasteiger partial charge in [0.05, 0.1) is 16.1 Å². The van der Waals surface area contributed by atoms with Gasteiger partial charge < -0.3 is 4.90 Å². The van der Waals surface area contributed by atoms with Crippen LogP contribution in [-0.2, 0) is 0 Å². The second-order valence-electron chi connectivity index (χ2n) is 13.4. The number of hydrogen-bond donors (Lipinski definition) is 0. The molecule has 9 aromatic rings. The van der Waals surface area contributed by atoms with Gasteiger partial charge in [-0.15, -0.1) is 0 Å². The number of rotatable bonds is 7. The molecule has 1 aliphatic heterocycles. The third-order valence-electron chi connectivity index (χ3n) is 10.2. The number of benzene rings is 8. The monoisotopic (exact) mass is 709 g/mol. The number of fused-ring (bicyclic) bond motifs is 4. The molecule has 0 radical (unpaired) electrons. The Morgan fingerprint density at radius 3 is 1.43 bits per heavy atom. The maximum atomic E-state index is 2.43. The van der Waals surface area contributed by atoms with Crippen LogP contribution < -0.4 is 9.80 Å². The summed E-state index contributed by atoms with van der Waals surface area (Å²) in [5, 5.41) is 1.25. The van der Waals surface area contributed by atoms with E-state index in [0.29, 0.717) is 0 Å². The van der Waals surface area contributed by atoms with E-state index >= 15 is 0 Å². The van der Waals surface area contributed by atoms with E-state index in [4.69, 9.17) is 0 Å². The summed E-state index contributed by atoms with van der Waals surface area (Å²) in [6, 6.07) is 76.2. The lowest BCUT2D eigenvalue weighted by atomic mass is 10.0. The Morgan fingerprint density at radius 2 is 0.833 bits per heavy atom. The minimum Gasteiger partial charge on any atom is -0.311 e. The maximum Gasteiger partial charge on any atom is 0.137 e. The highest BCUT2D eigenvalue weighted by molar-refractivity contribution is 8.00. The summed E-state index contributed by atoms with van der Waals surface area (Å²) in [4.78, 5) is 7.28. The van der Waals surface area contributed by atoms with Gasteiger partial charge in [0, 0.05) is 38.7 Å². The summed E-state index contributed by atoms with van der Waals surface area (Å²) in [7, 11) is 0. The molecule has 3 nitrogen and oxygen atoms in total. The van der Waals surface area contributed by atoms with Crippen LogP contribution in [0.1, 0.15) is 0 Å². The van der Waals surface area contributed by atoms with Gasteiger partial charge in [-0.2, -0.15) is 0 Å². The van der Waals surface area contributed by atoms with E-state index in [9.17, 15) is 0 Å². The van der Waals surface area contributed by atoms with Crippen LogP contribution in [0.15, 0.2) is 222 Å². The van der Waals surface area contributed by atoms with Crippen molar-refractivity contribution in [2.75, 3.05) is 9.80 Å². The van der Waals surface area contributed by atoms with Gasteiger partial charge in [-0.25, -0.2) is 0 Å². The van der Waals surface area contributed by atoms with Crippen molar-refractivity contribution in [3.8, 4) is 27.9 Å².